The molecule has 2 aliphatic heterocycles. The van der Waals surface area contributed by atoms with Gasteiger partial charge >= 0.3 is 6.36 Å². The van der Waals surface area contributed by atoms with E-state index in [1.165, 1.54) is 37.1 Å². The van der Waals surface area contributed by atoms with Gasteiger partial charge in [-0.15, -0.1) is 13.2 Å². The number of alkyl halides is 3. The molecule has 3 rings (SSSR count). The Balaban J connectivity index is 1.53. The van der Waals surface area contributed by atoms with E-state index in [0.29, 0.717) is 24.7 Å². The Morgan fingerprint density at radius 3 is 2.31 bits per heavy atom. The first kappa shape index (κ1) is 19.0. The van der Waals surface area contributed by atoms with Crippen LogP contribution in [0.3, 0.4) is 0 Å². The largest absolute Gasteiger partial charge is 0.573 e. The fraction of sp³-hybridized carbons (Fsp3) is 0.611. The van der Waals surface area contributed by atoms with Crippen molar-refractivity contribution >= 4 is 5.91 Å². The summed E-state index contributed by atoms with van der Waals surface area (Å²) in [6.45, 7) is 5.15. The van der Waals surface area contributed by atoms with E-state index in [9.17, 15) is 18.0 Å². The molecule has 1 aromatic carbocycles. The minimum atomic E-state index is -4.73. The van der Waals surface area contributed by atoms with Gasteiger partial charge in [-0.3, -0.25) is 9.69 Å². The topological polar surface area (TPSA) is 36.0 Å². The van der Waals surface area contributed by atoms with Crippen molar-refractivity contribution in [2.75, 3.05) is 46.3 Å². The summed E-state index contributed by atoms with van der Waals surface area (Å²) in [4.78, 5) is 19.1. The molecular formula is C18H24F3N3O2. The lowest BCUT2D eigenvalue weighted by Gasteiger charge is -2.42. The number of ether oxygens (including phenoxy) is 1. The molecule has 0 aliphatic carbocycles. The van der Waals surface area contributed by atoms with E-state index in [1.807, 2.05) is 0 Å². The Morgan fingerprint density at radius 1 is 1.08 bits per heavy atom. The van der Waals surface area contributed by atoms with Crippen molar-refractivity contribution in [3.05, 3.63) is 29.8 Å². The predicted octanol–water partition coefficient (Wildman–Crippen LogP) is 2.44. The number of halogens is 3. The summed E-state index contributed by atoms with van der Waals surface area (Å²) in [6, 6.07) is 5.66. The van der Waals surface area contributed by atoms with Crippen LogP contribution in [0, 0.1) is 0 Å². The van der Waals surface area contributed by atoms with Crippen LogP contribution in [-0.2, 0) is 0 Å². The molecule has 144 valence electrons. The molecule has 1 aromatic rings. The number of piperidine rings is 1. The minimum Gasteiger partial charge on any atom is -0.406 e. The molecule has 0 spiro atoms. The zero-order valence-electron chi connectivity index (χ0n) is 14.8. The Morgan fingerprint density at radius 2 is 1.73 bits per heavy atom. The third-order valence-electron chi connectivity index (χ3n) is 5.05. The monoisotopic (exact) mass is 371 g/mol. The van der Waals surface area contributed by atoms with Crippen LogP contribution in [0.1, 0.15) is 23.2 Å². The average Bonchev–Trinajstić information content (AvgIpc) is 2.61. The number of carbonyl (C=O) groups is 1. The number of hydrogen-bond acceptors (Lipinski definition) is 4. The maximum atomic E-state index is 12.6. The van der Waals surface area contributed by atoms with Crippen LogP contribution in [0.2, 0.25) is 0 Å². The highest BCUT2D eigenvalue weighted by atomic mass is 19.4. The van der Waals surface area contributed by atoms with Gasteiger partial charge in [0.05, 0.1) is 0 Å². The maximum Gasteiger partial charge on any atom is 0.573 e. The summed E-state index contributed by atoms with van der Waals surface area (Å²) in [7, 11) is 2.14. The average molecular weight is 371 g/mol. The van der Waals surface area contributed by atoms with E-state index in [4.69, 9.17) is 0 Å². The number of carbonyl (C=O) groups excluding carboxylic acids is 1. The maximum absolute atomic E-state index is 12.6. The van der Waals surface area contributed by atoms with Crippen molar-refractivity contribution < 1.29 is 22.7 Å². The number of likely N-dealkylation sites (N-methyl/N-ethyl adjacent to an activating group) is 1. The predicted molar refractivity (Wildman–Crippen MR) is 91.1 cm³/mol. The van der Waals surface area contributed by atoms with Gasteiger partial charge in [-0.05, 0) is 50.7 Å². The third kappa shape index (κ3) is 4.88. The molecule has 8 heteroatoms. The molecular weight excluding hydrogens is 347 g/mol. The number of likely N-dealkylation sites (tertiary alicyclic amines) is 1. The molecule has 0 saturated carbocycles. The standard InChI is InChI=1S/C18H24F3N3O2/c1-22-8-2-3-15(13-22)23-9-11-24(12-10-23)17(25)14-4-6-16(7-5-14)26-18(19,20)21/h4-7,15H,2-3,8-13H2,1H3. The van der Waals surface area contributed by atoms with Gasteiger partial charge in [-0.1, -0.05) is 0 Å². The number of rotatable bonds is 3. The van der Waals surface area contributed by atoms with Gasteiger partial charge < -0.3 is 14.5 Å². The van der Waals surface area contributed by atoms with Crippen molar-refractivity contribution in [3.8, 4) is 5.75 Å². The molecule has 2 aliphatic rings. The van der Waals surface area contributed by atoms with Crippen molar-refractivity contribution in [1.82, 2.24) is 14.7 Å². The van der Waals surface area contributed by atoms with E-state index in [0.717, 1.165) is 26.2 Å². The number of hydrogen-bond donors (Lipinski definition) is 0. The van der Waals surface area contributed by atoms with E-state index in [2.05, 4.69) is 21.6 Å². The second-order valence-electron chi connectivity index (χ2n) is 6.96. The quantitative estimate of drug-likeness (QED) is 0.818. The molecule has 0 N–H and O–H groups in total. The molecule has 0 bridgehead atoms. The first-order chi connectivity index (χ1) is 12.3. The van der Waals surface area contributed by atoms with Crippen LogP contribution in [0.4, 0.5) is 13.2 Å². The molecule has 1 unspecified atom stereocenters. The second kappa shape index (κ2) is 7.84. The van der Waals surface area contributed by atoms with Crippen LogP contribution >= 0.6 is 0 Å². The number of benzene rings is 1. The molecule has 0 radical (unpaired) electrons. The van der Waals surface area contributed by atoms with Crippen molar-refractivity contribution in [2.45, 2.75) is 25.2 Å². The summed E-state index contributed by atoms with van der Waals surface area (Å²) < 4.78 is 40.4. The fourth-order valence-corrected chi connectivity index (χ4v) is 3.71. The molecule has 2 fully saturated rings. The second-order valence-corrected chi connectivity index (χ2v) is 6.96. The van der Waals surface area contributed by atoms with Gasteiger partial charge in [-0.25, -0.2) is 0 Å². The van der Waals surface area contributed by atoms with E-state index in [1.54, 1.807) is 4.90 Å². The minimum absolute atomic E-state index is 0.149. The molecule has 0 aromatic heterocycles. The summed E-state index contributed by atoms with van der Waals surface area (Å²) >= 11 is 0. The molecule has 2 saturated heterocycles. The fourth-order valence-electron chi connectivity index (χ4n) is 3.71. The van der Waals surface area contributed by atoms with Crippen molar-refractivity contribution in [2.24, 2.45) is 0 Å². The Hall–Kier alpha value is -1.80. The summed E-state index contributed by atoms with van der Waals surface area (Å²) in [6.07, 6.45) is -2.33. The number of piperazine rings is 1. The Kier molecular flexibility index (Phi) is 5.72. The van der Waals surface area contributed by atoms with Gasteiger partial charge in [0, 0.05) is 44.3 Å². The molecule has 1 amide bonds. The van der Waals surface area contributed by atoms with Gasteiger partial charge in [0.15, 0.2) is 0 Å². The zero-order valence-corrected chi connectivity index (χ0v) is 14.8. The van der Waals surface area contributed by atoms with Crippen molar-refractivity contribution in [3.63, 3.8) is 0 Å². The van der Waals surface area contributed by atoms with E-state index < -0.39 is 6.36 Å². The smallest absolute Gasteiger partial charge is 0.406 e. The lowest BCUT2D eigenvalue weighted by Crippen LogP contribution is -2.55. The summed E-state index contributed by atoms with van der Waals surface area (Å²) in [5.74, 6) is -0.468. The summed E-state index contributed by atoms with van der Waals surface area (Å²) in [5.41, 5.74) is 0.380. The number of amides is 1. The van der Waals surface area contributed by atoms with Gasteiger partial charge in [0.25, 0.3) is 5.91 Å². The first-order valence-electron chi connectivity index (χ1n) is 8.89. The molecule has 2 heterocycles. The van der Waals surface area contributed by atoms with Crippen LogP contribution in [0.25, 0.3) is 0 Å². The van der Waals surface area contributed by atoms with Crippen LogP contribution < -0.4 is 4.74 Å². The van der Waals surface area contributed by atoms with Crippen LogP contribution in [0.15, 0.2) is 24.3 Å². The van der Waals surface area contributed by atoms with Gasteiger partial charge in [-0.2, -0.15) is 0 Å². The lowest BCUT2D eigenvalue weighted by molar-refractivity contribution is -0.274. The van der Waals surface area contributed by atoms with E-state index in [-0.39, 0.29) is 11.7 Å². The highest BCUT2D eigenvalue weighted by Gasteiger charge is 2.31. The summed E-state index contributed by atoms with van der Waals surface area (Å²) in [5, 5.41) is 0. The number of nitrogens with zero attached hydrogens (tertiary/aromatic N) is 3. The lowest BCUT2D eigenvalue weighted by atomic mass is 10.0. The highest BCUT2D eigenvalue weighted by molar-refractivity contribution is 5.94. The molecule has 5 nitrogen and oxygen atoms in total. The first-order valence-corrected chi connectivity index (χ1v) is 8.89. The Bertz CT molecular complexity index is 613. The van der Waals surface area contributed by atoms with Gasteiger partial charge in [0.1, 0.15) is 5.75 Å². The normalized spacial score (nSPS) is 23.1. The van der Waals surface area contributed by atoms with Crippen molar-refractivity contribution in [1.29, 1.82) is 0 Å². The Labute approximate surface area is 151 Å². The third-order valence-corrected chi connectivity index (χ3v) is 5.05. The molecule has 26 heavy (non-hydrogen) atoms. The van der Waals surface area contributed by atoms with Gasteiger partial charge in [0.2, 0.25) is 0 Å². The van der Waals surface area contributed by atoms with Crippen LogP contribution in [-0.4, -0.2) is 79.3 Å². The van der Waals surface area contributed by atoms with Crippen LogP contribution in [0.5, 0.6) is 5.75 Å². The zero-order chi connectivity index (χ0) is 18.7. The van der Waals surface area contributed by atoms with E-state index >= 15 is 0 Å². The highest BCUT2D eigenvalue weighted by Crippen LogP contribution is 2.23. The SMILES string of the molecule is CN1CCCC(N2CCN(C(=O)c3ccc(OC(F)(F)F)cc3)CC2)C1. The molecule has 1 atom stereocenters.